The maximum absolute atomic E-state index is 12.6. The van der Waals surface area contributed by atoms with Gasteiger partial charge in [-0.05, 0) is 31.2 Å². The number of nitrogens with two attached hydrogens (primary N) is 1. The normalized spacial score (nSPS) is 10.9. The van der Waals surface area contributed by atoms with Crippen molar-refractivity contribution in [2.75, 3.05) is 13.7 Å². The summed E-state index contributed by atoms with van der Waals surface area (Å²) in [4.78, 5) is 28.6. The topological polar surface area (TPSA) is 99.2 Å². The van der Waals surface area contributed by atoms with Crippen molar-refractivity contribution in [2.45, 2.75) is 20.0 Å². The molecule has 27 heavy (non-hydrogen) atoms. The van der Waals surface area contributed by atoms with Gasteiger partial charge in [-0.3, -0.25) is 9.59 Å². The van der Waals surface area contributed by atoms with Crippen LogP contribution in [0.1, 0.15) is 28.4 Å². The molecule has 0 saturated carbocycles. The van der Waals surface area contributed by atoms with Gasteiger partial charge in [0.15, 0.2) is 0 Å². The van der Waals surface area contributed by atoms with Gasteiger partial charge in [-0.2, -0.15) is 0 Å². The standard InChI is InChI=1S/C20H22N4O3/c1-3-27-17-9-8-16-18(23-17)19(25)15(20(21)26)12-24(16)11-14-6-4-13(5-7-14)10-22-2/h4-9,12,22H,3,10-11H2,1-2H3,(H2,21,26). The van der Waals surface area contributed by atoms with E-state index in [2.05, 4.69) is 10.3 Å². The molecule has 0 unspecified atom stereocenters. The zero-order chi connectivity index (χ0) is 19.4. The van der Waals surface area contributed by atoms with Crippen molar-refractivity contribution in [3.05, 3.63) is 69.5 Å². The van der Waals surface area contributed by atoms with Crippen LogP contribution in [-0.4, -0.2) is 29.1 Å². The number of carbonyl (C=O) groups excluding carboxylic acids is 1. The molecule has 0 spiro atoms. The second-order valence-electron chi connectivity index (χ2n) is 6.16. The molecule has 0 fully saturated rings. The summed E-state index contributed by atoms with van der Waals surface area (Å²) >= 11 is 0. The van der Waals surface area contributed by atoms with Gasteiger partial charge in [-0.15, -0.1) is 0 Å². The third-order valence-electron chi connectivity index (χ3n) is 4.22. The molecule has 3 N–H and O–H groups in total. The molecular formula is C20H22N4O3. The number of rotatable bonds is 7. The Morgan fingerprint density at radius 2 is 1.89 bits per heavy atom. The average Bonchev–Trinajstić information content (AvgIpc) is 2.66. The SMILES string of the molecule is CCOc1ccc2c(n1)c(=O)c(C(N)=O)cn2Cc1ccc(CNC)cc1. The minimum Gasteiger partial charge on any atom is -0.478 e. The van der Waals surface area contributed by atoms with Crippen molar-refractivity contribution < 1.29 is 9.53 Å². The predicted octanol–water partition coefficient (Wildman–Crippen LogP) is 1.66. The highest BCUT2D eigenvalue weighted by Crippen LogP contribution is 2.17. The number of nitrogens with zero attached hydrogens (tertiary/aromatic N) is 2. The van der Waals surface area contributed by atoms with Crippen molar-refractivity contribution in [1.82, 2.24) is 14.9 Å². The second kappa shape index (κ2) is 8.01. The largest absolute Gasteiger partial charge is 0.478 e. The van der Waals surface area contributed by atoms with Crippen LogP contribution in [0.4, 0.5) is 0 Å². The zero-order valence-electron chi connectivity index (χ0n) is 15.4. The maximum atomic E-state index is 12.6. The number of ether oxygens (including phenoxy) is 1. The Bertz CT molecular complexity index is 1030. The number of benzene rings is 1. The van der Waals surface area contributed by atoms with Crippen LogP contribution in [0.5, 0.6) is 5.88 Å². The number of aromatic nitrogens is 2. The van der Waals surface area contributed by atoms with Crippen molar-refractivity contribution in [3.8, 4) is 5.88 Å². The van der Waals surface area contributed by atoms with E-state index < -0.39 is 11.3 Å². The number of primary amides is 1. The number of hydrogen-bond donors (Lipinski definition) is 2. The molecule has 2 aromatic heterocycles. The molecule has 1 aromatic carbocycles. The van der Waals surface area contributed by atoms with Crippen molar-refractivity contribution in [2.24, 2.45) is 5.73 Å². The van der Waals surface area contributed by atoms with E-state index in [0.717, 1.165) is 12.1 Å². The smallest absolute Gasteiger partial charge is 0.254 e. The average molecular weight is 366 g/mol. The molecule has 0 atom stereocenters. The van der Waals surface area contributed by atoms with E-state index >= 15 is 0 Å². The second-order valence-corrected chi connectivity index (χ2v) is 6.16. The van der Waals surface area contributed by atoms with Crippen molar-refractivity contribution >= 4 is 16.9 Å². The Morgan fingerprint density at radius 1 is 1.19 bits per heavy atom. The molecule has 3 aromatic rings. The highest BCUT2D eigenvalue weighted by Gasteiger charge is 2.15. The summed E-state index contributed by atoms with van der Waals surface area (Å²) < 4.78 is 7.19. The van der Waals surface area contributed by atoms with E-state index in [1.54, 1.807) is 12.1 Å². The molecule has 140 valence electrons. The van der Waals surface area contributed by atoms with Gasteiger partial charge in [0.25, 0.3) is 5.91 Å². The zero-order valence-corrected chi connectivity index (χ0v) is 15.4. The molecular weight excluding hydrogens is 344 g/mol. The molecule has 0 aliphatic rings. The third kappa shape index (κ3) is 3.98. The molecule has 0 aliphatic carbocycles. The van der Waals surface area contributed by atoms with Crippen LogP contribution >= 0.6 is 0 Å². The lowest BCUT2D eigenvalue weighted by atomic mass is 10.1. The Kier molecular flexibility index (Phi) is 5.52. The first-order valence-corrected chi connectivity index (χ1v) is 8.72. The number of hydrogen-bond acceptors (Lipinski definition) is 5. The van der Waals surface area contributed by atoms with Gasteiger partial charge in [0.2, 0.25) is 11.3 Å². The summed E-state index contributed by atoms with van der Waals surface area (Å²) in [6.07, 6.45) is 1.50. The fourth-order valence-electron chi connectivity index (χ4n) is 2.94. The third-order valence-corrected chi connectivity index (χ3v) is 4.22. The van der Waals surface area contributed by atoms with Crippen LogP contribution < -0.4 is 21.2 Å². The summed E-state index contributed by atoms with van der Waals surface area (Å²) in [5.41, 5.74) is 7.82. The van der Waals surface area contributed by atoms with Gasteiger partial charge < -0.3 is 20.4 Å². The number of carbonyl (C=O) groups is 1. The highest BCUT2D eigenvalue weighted by atomic mass is 16.5. The summed E-state index contributed by atoms with van der Waals surface area (Å²) in [6.45, 7) is 3.53. The molecule has 0 radical (unpaired) electrons. The molecule has 0 saturated heterocycles. The van der Waals surface area contributed by atoms with Crippen LogP contribution in [0.15, 0.2) is 47.4 Å². The Morgan fingerprint density at radius 3 is 2.52 bits per heavy atom. The van der Waals surface area contributed by atoms with Gasteiger partial charge in [0, 0.05) is 25.4 Å². The fourth-order valence-corrected chi connectivity index (χ4v) is 2.94. The number of amides is 1. The quantitative estimate of drug-likeness (QED) is 0.663. The van der Waals surface area contributed by atoms with Crippen LogP contribution in [0, 0.1) is 0 Å². The minimum absolute atomic E-state index is 0.0875. The van der Waals surface area contributed by atoms with E-state index in [-0.39, 0.29) is 11.1 Å². The van der Waals surface area contributed by atoms with E-state index in [1.165, 1.54) is 11.8 Å². The lowest BCUT2D eigenvalue weighted by Crippen LogP contribution is -2.25. The van der Waals surface area contributed by atoms with E-state index in [9.17, 15) is 9.59 Å². The molecule has 0 aliphatic heterocycles. The maximum Gasteiger partial charge on any atom is 0.254 e. The number of nitrogens with one attached hydrogen (secondary N) is 1. The van der Waals surface area contributed by atoms with Gasteiger partial charge in [0.1, 0.15) is 11.1 Å². The molecule has 7 nitrogen and oxygen atoms in total. The van der Waals surface area contributed by atoms with Crippen LogP contribution in [0.3, 0.4) is 0 Å². The lowest BCUT2D eigenvalue weighted by Gasteiger charge is -2.13. The number of pyridine rings is 2. The van der Waals surface area contributed by atoms with Crippen LogP contribution in [-0.2, 0) is 13.1 Å². The predicted molar refractivity (Wildman–Crippen MR) is 104 cm³/mol. The fraction of sp³-hybridized carbons (Fsp3) is 0.250. The highest BCUT2D eigenvalue weighted by molar-refractivity contribution is 5.95. The first-order chi connectivity index (χ1) is 13.0. The first kappa shape index (κ1) is 18.6. The van der Waals surface area contributed by atoms with Gasteiger partial charge in [-0.1, -0.05) is 24.3 Å². The Balaban J connectivity index is 2.09. The van der Waals surface area contributed by atoms with E-state index in [4.69, 9.17) is 10.5 Å². The van der Waals surface area contributed by atoms with Crippen molar-refractivity contribution in [3.63, 3.8) is 0 Å². The Hall–Kier alpha value is -3.19. The van der Waals surface area contributed by atoms with E-state index in [0.29, 0.717) is 24.5 Å². The minimum atomic E-state index is -0.774. The van der Waals surface area contributed by atoms with Gasteiger partial charge >= 0.3 is 0 Å². The number of fused-ring (bicyclic) bond motifs is 1. The molecule has 3 rings (SSSR count). The summed E-state index contributed by atoms with van der Waals surface area (Å²) in [5.74, 6) is -0.435. The monoisotopic (exact) mass is 366 g/mol. The van der Waals surface area contributed by atoms with Crippen molar-refractivity contribution in [1.29, 1.82) is 0 Å². The van der Waals surface area contributed by atoms with Gasteiger partial charge in [-0.25, -0.2) is 4.98 Å². The Labute approximate surface area is 156 Å². The van der Waals surface area contributed by atoms with Crippen LogP contribution in [0.25, 0.3) is 11.0 Å². The molecule has 2 heterocycles. The molecule has 7 heteroatoms. The van der Waals surface area contributed by atoms with Crippen LogP contribution in [0.2, 0.25) is 0 Å². The summed E-state index contributed by atoms with van der Waals surface area (Å²) in [7, 11) is 1.90. The van der Waals surface area contributed by atoms with Gasteiger partial charge in [0.05, 0.1) is 12.1 Å². The summed E-state index contributed by atoms with van der Waals surface area (Å²) in [6, 6.07) is 11.6. The molecule has 1 amide bonds. The molecule has 0 bridgehead atoms. The van der Waals surface area contributed by atoms with E-state index in [1.807, 2.05) is 42.8 Å². The summed E-state index contributed by atoms with van der Waals surface area (Å²) in [5, 5.41) is 3.11. The first-order valence-electron chi connectivity index (χ1n) is 8.72. The lowest BCUT2D eigenvalue weighted by molar-refractivity contribution is 0.0998.